The number of hydrogen-bond donors (Lipinski definition) is 2. The predicted molar refractivity (Wildman–Crippen MR) is 113 cm³/mol. The van der Waals surface area contributed by atoms with Crippen molar-refractivity contribution in [1.29, 1.82) is 0 Å². The van der Waals surface area contributed by atoms with Crippen molar-refractivity contribution in [2.24, 2.45) is 0 Å². The second-order valence-electron chi connectivity index (χ2n) is 7.95. The average molecular weight is 458 g/mol. The van der Waals surface area contributed by atoms with Gasteiger partial charge in [-0.05, 0) is 29.7 Å². The van der Waals surface area contributed by atoms with Crippen LogP contribution in [-0.2, 0) is 6.42 Å². The number of nitrogens with one attached hydrogen (secondary N) is 2. The Morgan fingerprint density at radius 2 is 1.94 bits per heavy atom. The summed E-state index contributed by atoms with van der Waals surface area (Å²) in [5.41, 5.74) is 1.73. The Balaban J connectivity index is 1.38. The van der Waals surface area contributed by atoms with Crippen molar-refractivity contribution in [2.45, 2.75) is 31.1 Å². The Kier molecular flexibility index (Phi) is 5.35. The molecule has 1 aromatic heterocycles. The number of halogens is 3. The zero-order valence-corrected chi connectivity index (χ0v) is 17.4. The van der Waals surface area contributed by atoms with Gasteiger partial charge in [0.2, 0.25) is 6.79 Å². The van der Waals surface area contributed by atoms with Gasteiger partial charge < -0.3 is 20.1 Å². The first-order chi connectivity index (χ1) is 15.9. The summed E-state index contributed by atoms with van der Waals surface area (Å²) in [7, 11) is 0. The highest BCUT2D eigenvalue weighted by Gasteiger charge is 2.47. The van der Waals surface area contributed by atoms with Crippen molar-refractivity contribution in [2.75, 3.05) is 18.7 Å². The molecule has 5 rings (SSSR count). The van der Waals surface area contributed by atoms with Gasteiger partial charge in [-0.1, -0.05) is 36.4 Å². The van der Waals surface area contributed by atoms with Gasteiger partial charge in [-0.2, -0.15) is 18.3 Å². The van der Waals surface area contributed by atoms with Gasteiger partial charge in [-0.3, -0.25) is 4.79 Å². The average Bonchev–Trinajstić information content (AvgIpc) is 3.44. The van der Waals surface area contributed by atoms with Crippen molar-refractivity contribution in [1.82, 2.24) is 15.1 Å². The number of aromatic nitrogens is 2. The molecule has 172 valence electrons. The normalized spacial score (nSPS) is 19.0. The molecule has 10 heteroatoms. The highest BCUT2D eigenvalue weighted by atomic mass is 19.4. The summed E-state index contributed by atoms with van der Waals surface area (Å²) in [4.78, 5) is 12.8. The van der Waals surface area contributed by atoms with Gasteiger partial charge in [0.15, 0.2) is 17.5 Å². The number of ether oxygens (including phenoxy) is 2. The number of rotatable bonds is 5. The maximum atomic E-state index is 13.9. The molecule has 2 aliphatic heterocycles. The lowest BCUT2D eigenvalue weighted by atomic mass is 9.96. The third-order valence-corrected chi connectivity index (χ3v) is 5.82. The topological polar surface area (TPSA) is 77.4 Å². The van der Waals surface area contributed by atoms with Crippen LogP contribution >= 0.6 is 0 Å². The summed E-state index contributed by atoms with van der Waals surface area (Å²) in [5, 5.41) is 9.77. The number of alkyl halides is 3. The van der Waals surface area contributed by atoms with Gasteiger partial charge in [0.05, 0.1) is 12.2 Å². The molecule has 0 saturated heterocycles. The summed E-state index contributed by atoms with van der Waals surface area (Å²) in [6, 6.07) is 12.1. The van der Waals surface area contributed by atoms with E-state index in [9.17, 15) is 18.0 Å². The van der Waals surface area contributed by atoms with Crippen LogP contribution in [0.1, 0.15) is 40.0 Å². The van der Waals surface area contributed by atoms with Crippen LogP contribution < -0.4 is 20.1 Å². The molecular formula is C23H21F3N4O3. The fourth-order valence-electron chi connectivity index (χ4n) is 4.14. The van der Waals surface area contributed by atoms with Crippen LogP contribution in [0.15, 0.2) is 54.7 Å². The van der Waals surface area contributed by atoms with Gasteiger partial charge in [0.1, 0.15) is 11.4 Å². The summed E-state index contributed by atoms with van der Waals surface area (Å²) in [5.74, 6) is 0.594. The maximum absolute atomic E-state index is 13.9. The molecule has 0 spiro atoms. The van der Waals surface area contributed by atoms with E-state index >= 15 is 0 Å². The van der Waals surface area contributed by atoms with Gasteiger partial charge in [-0.15, -0.1) is 0 Å². The van der Waals surface area contributed by atoms with E-state index < -0.39 is 24.2 Å². The molecule has 2 atom stereocenters. The third-order valence-electron chi connectivity index (χ3n) is 5.82. The molecule has 2 aliphatic rings. The van der Waals surface area contributed by atoms with Crippen molar-refractivity contribution in [3.05, 3.63) is 71.4 Å². The summed E-state index contributed by atoms with van der Waals surface area (Å²) in [6.45, 7) is 0.421. The number of carbonyl (C=O) groups is 1. The molecule has 0 unspecified atom stereocenters. The van der Waals surface area contributed by atoms with Crippen LogP contribution in [0.25, 0.3) is 0 Å². The Morgan fingerprint density at radius 3 is 2.73 bits per heavy atom. The van der Waals surface area contributed by atoms with E-state index in [2.05, 4.69) is 15.7 Å². The van der Waals surface area contributed by atoms with E-state index in [0.717, 1.165) is 10.2 Å². The Morgan fingerprint density at radius 1 is 1.15 bits per heavy atom. The maximum Gasteiger partial charge on any atom is 0.410 e. The minimum atomic E-state index is -4.53. The molecule has 0 bridgehead atoms. The Bertz CT molecular complexity index is 1160. The van der Waals surface area contributed by atoms with Crippen molar-refractivity contribution in [3.8, 4) is 11.5 Å². The van der Waals surface area contributed by atoms with Crippen LogP contribution in [0.2, 0.25) is 0 Å². The molecule has 0 fully saturated rings. The van der Waals surface area contributed by atoms with Crippen LogP contribution in [0.4, 0.5) is 19.0 Å². The largest absolute Gasteiger partial charge is 0.454 e. The highest BCUT2D eigenvalue weighted by Crippen LogP contribution is 2.45. The summed E-state index contributed by atoms with van der Waals surface area (Å²) >= 11 is 0. The van der Waals surface area contributed by atoms with E-state index in [1.54, 1.807) is 18.2 Å². The smallest absolute Gasteiger partial charge is 0.410 e. The van der Waals surface area contributed by atoms with Crippen molar-refractivity contribution < 1.29 is 27.4 Å². The fourth-order valence-corrected chi connectivity index (χ4v) is 4.14. The molecule has 2 aromatic carbocycles. The predicted octanol–water partition coefficient (Wildman–Crippen LogP) is 4.24. The van der Waals surface area contributed by atoms with Crippen molar-refractivity contribution in [3.63, 3.8) is 0 Å². The van der Waals surface area contributed by atoms with E-state index in [1.807, 2.05) is 30.3 Å². The number of anilines is 1. The fraction of sp³-hybridized carbons (Fsp3) is 0.304. The van der Waals surface area contributed by atoms with E-state index in [4.69, 9.17) is 9.47 Å². The Hall–Kier alpha value is -3.69. The van der Waals surface area contributed by atoms with E-state index in [-0.39, 0.29) is 24.6 Å². The minimum absolute atomic E-state index is 0.0449. The lowest BCUT2D eigenvalue weighted by Gasteiger charge is -2.34. The van der Waals surface area contributed by atoms with Crippen molar-refractivity contribution >= 4 is 11.7 Å². The molecule has 33 heavy (non-hydrogen) atoms. The van der Waals surface area contributed by atoms with Crippen LogP contribution in [0, 0.1) is 0 Å². The quantitative estimate of drug-likeness (QED) is 0.598. The number of hydrogen-bond acceptors (Lipinski definition) is 5. The molecule has 0 saturated carbocycles. The molecule has 3 heterocycles. The van der Waals surface area contributed by atoms with Gasteiger partial charge in [0, 0.05) is 13.0 Å². The first-order valence-electron chi connectivity index (χ1n) is 10.5. The number of carbonyl (C=O) groups excluding carboxylic acids is 1. The molecule has 3 aromatic rings. The van der Waals surface area contributed by atoms with Crippen LogP contribution in [0.5, 0.6) is 11.5 Å². The van der Waals surface area contributed by atoms with Gasteiger partial charge in [-0.25, -0.2) is 4.68 Å². The number of nitrogens with zero attached hydrogens (tertiary/aromatic N) is 2. The monoisotopic (exact) mass is 458 g/mol. The van der Waals surface area contributed by atoms with E-state index in [0.29, 0.717) is 30.0 Å². The lowest BCUT2D eigenvalue weighted by molar-refractivity contribution is -0.173. The molecule has 2 N–H and O–H groups in total. The Labute approximate surface area is 187 Å². The highest BCUT2D eigenvalue weighted by molar-refractivity contribution is 5.98. The zero-order valence-electron chi connectivity index (χ0n) is 17.4. The lowest BCUT2D eigenvalue weighted by Crippen LogP contribution is -2.36. The van der Waals surface area contributed by atoms with Crippen LogP contribution in [-0.4, -0.2) is 35.2 Å². The number of fused-ring (bicyclic) bond motifs is 2. The second-order valence-corrected chi connectivity index (χ2v) is 7.95. The molecule has 1 amide bonds. The molecule has 0 aliphatic carbocycles. The SMILES string of the molecule is O=C(NCCc1ccccc1)c1cnn2c1N[C@@H](c1ccc3c(c1)OCO3)C[C@H]2C(F)(F)F. The first-order valence-corrected chi connectivity index (χ1v) is 10.5. The van der Waals surface area contributed by atoms with Crippen LogP contribution in [0.3, 0.4) is 0 Å². The summed E-state index contributed by atoms with van der Waals surface area (Å²) < 4.78 is 53.2. The standard InChI is InChI=1S/C23H21F3N4O3/c24-23(25,26)20-11-17(15-6-7-18-19(10-15)33-13-32-18)29-21-16(12-28-30(20)21)22(31)27-9-8-14-4-2-1-3-5-14/h1-7,10,12,17,20,29H,8-9,11,13H2,(H,27,31)/t17-,20+/m1/s1. The van der Waals surface area contributed by atoms with Gasteiger partial charge in [0.25, 0.3) is 5.91 Å². The molecule has 7 nitrogen and oxygen atoms in total. The summed E-state index contributed by atoms with van der Waals surface area (Å²) in [6.07, 6.45) is -3.01. The van der Waals surface area contributed by atoms with Gasteiger partial charge >= 0.3 is 6.18 Å². The molecule has 0 radical (unpaired) electrons. The first kappa shape index (κ1) is 21.2. The third kappa shape index (κ3) is 4.20. The number of amides is 1. The minimum Gasteiger partial charge on any atom is -0.454 e. The number of benzene rings is 2. The second kappa shape index (κ2) is 8.34. The zero-order chi connectivity index (χ0) is 23.0. The molecular weight excluding hydrogens is 437 g/mol. The van der Waals surface area contributed by atoms with E-state index in [1.165, 1.54) is 6.20 Å².